The van der Waals surface area contributed by atoms with Crippen LogP contribution in [0.1, 0.15) is 23.5 Å². The second kappa shape index (κ2) is 5.79. The smallest absolute Gasteiger partial charge is 0.131 e. The van der Waals surface area contributed by atoms with Crippen molar-refractivity contribution in [1.29, 1.82) is 5.26 Å². The zero-order valence-electron chi connectivity index (χ0n) is 12.9. The molecule has 0 unspecified atom stereocenters. The molecule has 0 fully saturated rings. The van der Waals surface area contributed by atoms with Crippen molar-refractivity contribution in [3.63, 3.8) is 0 Å². The molecular formula is C19H18N2O2. The maximum absolute atomic E-state index is 11.1. The summed E-state index contributed by atoms with van der Waals surface area (Å²) < 4.78 is 5.17. The Hall–Kier alpha value is -2.77. The molecule has 0 bridgehead atoms. The standard InChI is InChI=1S/C19H18N2O2/c1-23-15-9-7-13(8-10-15)16-11-19(22,18(21)17(16)12-20)14-5-3-2-4-6-14/h2-10,16,22H,11,21H2,1H3/t16-,19+/m1/s1. The van der Waals surface area contributed by atoms with Gasteiger partial charge in [0.15, 0.2) is 0 Å². The molecule has 0 saturated carbocycles. The first-order chi connectivity index (χ1) is 11.1. The molecule has 23 heavy (non-hydrogen) atoms. The molecule has 1 aliphatic rings. The van der Waals surface area contributed by atoms with Crippen molar-refractivity contribution in [2.45, 2.75) is 17.9 Å². The lowest BCUT2D eigenvalue weighted by atomic mass is 9.86. The summed E-state index contributed by atoms with van der Waals surface area (Å²) in [7, 11) is 1.61. The van der Waals surface area contributed by atoms with E-state index in [1.807, 2.05) is 54.6 Å². The Morgan fingerprint density at radius 3 is 2.39 bits per heavy atom. The van der Waals surface area contributed by atoms with Crippen LogP contribution in [0.15, 0.2) is 65.9 Å². The van der Waals surface area contributed by atoms with Gasteiger partial charge in [0.1, 0.15) is 11.4 Å². The minimum Gasteiger partial charge on any atom is -0.497 e. The van der Waals surface area contributed by atoms with Crippen LogP contribution in [0.2, 0.25) is 0 Å². The minimum absolute atomic E-state index is 0.226. The van der Waals surface area contributed by atoms with Crippen LogP contribution in [-0.4, -0.2) is 12.2 Å². The summed E-state index contributed by atoms with van der Waals surface area (Å²) >= 11 is 0. The average Bonchev–Trinajstić information content (AvgIpc) is 2.88. The summed E-state index contributed by atoms with van der Waals surface area (Å²) in [6, 6.07) is 18.9. The molecule has 0 amide bonds. The van der Waals surface area contributed by atoms with Crippen molar-refractivity contribution in [3.05, 3.63) is 77.0 Å². The first-order valence-electron chi connectivity index (χ1n) is 7.42. The highest BCUT2D eigenvalue weighted by molar-refractivity contribution is 5.51. The Bertz CT molecular complexity index is 775. The molecule has 3 N–H and O–H groups in total. The van der Waals surface area contributed by atoms with Gasteiger partial charge in [0.25, 0.3) is 0 Å². The van der Waals surface area contributed by atoms with Crippen LogP contribution in [0.25, 0.3) is 0 Å². The normalized spacial score (nSPS) is 23.6. The topological polar surface area (TPSA) is 79.3 Å². The van der Waals surface area contributed by atoms with Gasteiger partial charge in [-0.25, -0.2) is 0 Å². The molecule has 3 rings (SSSR count). The van der Waals surface area contributed by atoms with E-state index < -0.39 is 5.60 Å². The van der Waals surface area contributed by atoms with Crippen LogP contribution >= 0.6 is 0 Å². The Kier molecular flexibility index (Phi) is 3.81. The van der Waals surface area contributed by atoms with E-state index in [0.717, 1.165) is 11.3 Å². The molecule has 0 saturated heterocycles. The van der Waals surface area contributed by atoms with E-state index in [-0.39, 0.29) is 11.6 Å². The number of ether oxygens (including phenoxy) is 1. The van der Waals surface area contributed by atoms with Crippen LogP contribution in [-0.2, 0) is 5.60 Å². The van der Waals surface area contributed by atoms with Crippen LogP contribution in [0.3, 0.4) is 0 Å². The number of methoxy groups -OCH3 is 1. The van der Waals surface area contributed by atoms with Gasteiger partial charge in [-0.2, -0.15) is 5.26 Å². The van der Waals surface area contributed by atoms with Crippen molar-refractivity contribution in [2.24, 2.45) is 5.73 Å². The van der Waals surface area contributed by atoms with Crippen molar-refractivity contribution in [3.8, 4) is 11.8 Å². The van der Waals surface area contributed by atoms with Gasteiger partial charge in [0.2, 0.25) is 0 Å². The molecule has 2 aromatic rings. The van der Waals surface area contributed by atoms with Crippen molar-refractivity contribution >= 4 is 0 Å². The SMILES string of the molecule is COc1ccc([C@H]2C[C@](O)(c3ccccc3)C(N)=C2C#N)cc1. The van der Waals surface area contributed by atoms with Gasteiger partial charge in [0, 0.05) is 5.92 Å². The van der Waals surface area contributed by atoms with Crippen LogP contribution < -0.4 is 10.5 Å². The number of aliphatic hydroxyl groups is 1. The van der Waals surface area contributed by atoms with Crippen LogP contribution in [0.5, 0.6) is 5.75 Å². The third kappa shape index (κ3) is 2.45. The van der Waals surface area contributed by atoms with Crippen molar-refractivity contribution < 1.29 is 9.84 Å². The largest absolute Gasteiger partial charge is 0.497 e. The van der Waals surface area contributed by atoms with E-state index in [2.05, 4.69) is 6.07 Å². The Morgan fingerprint density at radius 2 is 1.83 bits per heavy atom. The first kappa shape index (κ1) is 15.1. The zero-order valence-corrected chi connectivity index (χ0v) is 12.9. The Balaban J connectivity index is 2.03. The third-order valence-electron chi connectivity index (χ3n) is 4.47. The van der Waals surface area contributed by atoms with Crippen molar-refractivity contribution in [1.82, 2.24) is 0 Å². The van der Waals surface area contributed by atoms with Gasteiger partial charge >= 0.3 is 0 Å². The quantitative estimate of drug-likeness (QED) is 0.914. The Labute approximate surface area is 135 Å². The fourth-order valence-electron chi connectivity index (χ4n) is 3.16. The Morgan fingerprint density at radius 1 is 1.17 bits per heavy atom. The average molecular weight is 306 g/mol. The van der Waals surface area contributed by atoms with E-state index in [9.17, 15) is 10.4 Å². The second-order valence-electron chi connectivity index (χ2n) is 5.70. The number of rotatable bonds is 3. The fraction of sp³-hybridized carbons (Fsp3) is 0.211. The summed E-state index contributed by atoms with van der Waals surface area (Å²) in [5.41, 5.74) is 7.18. The van der Waals surface area contributed by atoms with Gasteiger partial charge in [-0.1, -0.05) is 42.5 Å². The predicted molar refractivity (Wildman–Crippen MR) is 87.5 cm³/mol. The summed E-state index contributed by atoms with van der Waals surface area (Å²) in [6.07, 6.45) is 0.359. The number of nitriles is 1. The fourth-order valence-corrected chi connectivity index (χ4v) is 3.16. The molecule has 2 atom stereocenters. The van der Waals surface area contributed by atoms with Crippen molar-refractivity contribution in [2.75, 3.05) is 7.11 Å². The summed E-state index contributed by atoms with van der Waals surface area (Å²) in [6.45, 7) is 0. The van der Waals surface area contributed by atoms with E-state index >= 15 is 0 Å². The van der Waals surface area contributed by atoms with Gasteiger partial charge in [-0.05, 0) is 29.7 Å². The maximum Gasteiger partial charge on any atom is 0.131 e. The van der Waals surface area contributed by atoms with Gasteiger partial charge in [0.05, 0.1) is 24.4 Å². The lowest BCUT2D eigenvalue weighted by Crippen LogP contribution is -2.29. The number of nitrogens with zero attached hydrogens (tertiary/aromatic N) is 1. The molecule has 116 valence electrons. The van der Waals surface area contributed by atoms with Gasteiger partial charge < -0.3 is 15.6 Å². The highest BCUT2D eigenvalue weighted by atomic mass is 16.5. The number of hydrogen-bond acceptors (Lipinski definition) is 4. The monoisotopic (exact) mass is 306 g/mol. The molecule has 1 aliphatic carbocycles. The second-order valence-corrected chi connectivity index (χ2v) is 5.70. The first-order valence-corrected chi connectivity index (χ1v) is 7.42. The molecule has 4 heteroatoms. The summed E-state index contributed by atoms with van der Waals surface area (Å²) in [5.74, 6) is 0.525. The van der Waals surface area contributed by atoms with Gasteiger partial charge in [-0.15, -0.1) is 0 Å². The zero-order chi connectivity index (χ0) is 16.4. The van der Waals surface area contributed by atoms with Gasteiger partial charge in [-0.3, -0.25) is 0 Å². The molecular weight excluding hydrogens is 288 g/mol. The van der Waals surface area contributed by atoms with Crippen LogP contribution in [0.4, 0.5) is 0 Å². The number of hydrogen-bond donors (Lipinski definition) is 2. The lowest BCUT2D eigenvalue weighted by molar-refractivity contribution is 0.0724. The van der Waals surface area contributed by atoms with Crippen LogP contribution in [0, 0.1) is 11.3 Å². The molecule has 0 spiro atoms. The predicted octanol–water partition coefficient (Wildman–Crippen LogP) is 2.81. The summed E-state index contributed by atoms with van der Waals surface area (Å²) in [5, 5.41) is 20.6. The molecule has 0 aliphatic heterocycles. The number of benzene rings is 2. The number of nitrogens with two attached hydrogens (primary N) is 1. The lowest BCUT2D eigenvalue weighted by Gasteiger charge is -2.25. The van der Waals surface area contributed by atoms with E-state index in [1.54, 1.807) is 7.11 Å². The molecule has 4 nitrogen and oxygen atoms in total. The maximum atomic E-state index is 11.1. The van der Waals surface area contributed by atoms with E-state index in [0.29, 0.717) is 17.6 Å². The van der Waals surface area contributed by atoms with E-state index in [1.165, 1.54) is 0 Å². The summed E-state index contributed by atoms with van der Waals surface area (Å²) in [4.78, 5) is 0. The highest BCUT2D eigenvalue weighted by Crippen LogP contribution is 2.48. The molecule has 0 heterocycles. The number of allylic oxidation sites excluding steroid dienone is 1. The molecule has 0 aromatic heterocycles. The molecule has 2 aromatic carbocycles. The highest BCUT2D eigenvalue weighted by Gasteiger charge is 2.45. The third-order valence-corrected chi connectivity index (χ3v) is 4.47. The molecule has 0 radical (unpaired) electrons. The minimum atomic E-state index is -1.31. The van der Waals surface area contributed by atoms with E-state index in [4.69, 9.17) is 10.5 Å².